The fourth-order valence-corrected chi connectivity index (χ4v) is 2.82. The van der Waals surface area contributed by atoms with Gasteiger partial charge in [-0.3, -0.25) is 9.59 Å². The molecule has 0 unspecified atom stereocenters. The van der Waals surface area contributed by atoms with Crippen molar-refractivity contribution in [2.24, 2.45) is 11.7 Å². The molecular formula is C16H23ClN4O3S. The molecule has 0 aliphatic carbocycles. The minimum Gasteiger partial charge on any atom is -0.466 e. The first kappa shape index (κ1) is 21.1. The molecule has 2 rings (SSSR count). The molecule has 7 nitrogen and oxygen atoms in total. The maximum atomic E-state index is 11.9. The largest absolute Gasteiger partial charge is 0.466 e. The van der Waals surface area contributed by atoms with Crippen molar-refractivity contribution >= 4 is 40.7 Å². The number of aryl methyl sites for hydroxylation is 2. The van der Waals surface area contributed by atoms with Gasteiger partial charge in [0.15, 0.2) is 5.13 Å². The van der Waals surface area contributed by atoms with Crippen LogP contribution in [0.2, 0.25) is 0 Å². The van der Waals surface area contributed by atoms with Gasteiger partial charge in [0.2, 0.25) is 11.8 Å². The van der Waals surface area contributed by atoms with Crippen LogP contribution < -0.4 is 16.4 Å². The third-order valence-corrected chi connectivity index (χ3v) is 4.27. The Bertz CT molecular complexity index is 742. The van der Waals surface area contributed by atoms with Crippen molar-refractivity contribution in [3.05, 3.63) is 23.0 Å². The predicted octanol–water partition coefficient (Wildman–Crippen LogP) is 2.48. The first-order valence-electron chi connectivity index (χ1n) is 7.64. The summed E-state index contributed by atoms with van der Waals surface area (Å²) in [6.07, 6.45) is 0. The predicted molar refractivity (Wildman–Crippen MR) is 101 cm³/mol. The van der Waals surface area contributed by atoms with Crippen LogP contribution in [0.3, 0.4) is 0 Å². The molecule has 0 saturated heterocycles. The molecule has 0 fully saturated rings. The molecule has 138 valence electrons. The Morgan fingerprint density at radius 3 is 2.60 bits per heavy atom. The summed E-state index contributed by atoms with van der Waals surface area (Å²) in [5.41, 5.74) is 7.37. The number of rotatable bonds is 6. The second kappa shape index (κ2) is 8.98. The van der Waals surface area contributed by atoms with Crippen LogP contribution in [0.1, 0.15) is 25.4 Å². The van der Waals surface area contributed by atoms with Crippen LogP contribution in [0, 0.1) is 19.8 Å². The number of aromatic nitrogens is 1. The molecule has 4 N–H and O–H groups in total. The number of carbonyl (C=O) groups excluding carboxylic acids is 2. The zero-order valence-corrected chi connectivity index (χ0v) is 16.2. The standard InChI is InChI=1S/C16H22N4O3S.ClH/c1-8(2)14(17)15(22)18-6-13(21)20-16-19-12(7-24-16)11-5-9(3)23-10(11)4;/h5,7-8,14H,6,17H2,1-4H3,(H,18,22)(H,19,20,21);1H/t14-;/m0./s1. The number of amides is 2. The van der Waals surface area contributed by atoms with Gasteiger partial charge in [0.05, 0.1) is 18.3 Å². The topological polar surface area (TPSA) is 110 Å². The highest BCUT2D eigenvalue weighted by Gasteiger charge is 2.18. The van der Waals surface area contributed by atoms with E-state index in [-0.39, 0.29) is 36.7 Å². The first-order chi connectivity index (χ1) is 11.3. The summed E-state index contributed by atoms with van der Waals surface area (Å²) in [6, 6.07) is 1.28. The monoisotopic (exact) mass is 386 g/mol. The molecule has 9 heteroatoms. The number of anilines is 1. The zero-order chi connectivity index (χ0) is 17.9. The number of nitrogens with two attached hydrogens (primary N) is 1. The molecule has 25 heavy (non-hydrogen) atoms. The van der Waals surface area contributed by atoms with Crippen molar-refractivity contribution < 1.29 is 14.0 Å². The Hall–Kier alpha value is -1.90. The number of carbonyl (C=O) groups is 2. The number of furan rings is 1. The van der Waals surface area contributed by atoms with E-state index in [1.54, 1.807) is 0 Å². The summed E-state index contributed by atoms with van der Waals surface area (Å²) in [5.74, 6) is 0.914. The summed E-state index contributed by atoms with van der Waals surface area (Å²) in [5, 5.41) is 7.50. The van der Waals surface area contributed by atoms with E-state index in [1.807, 2.05) is 39.1 Å². The van der Waals surface area contributed by atoms with Crippen molar-refractivity contribution in [2.45, 2.75) is 33.7 Å². The normalized spacial score (nSPS) is 11.8. The maximum Gasteiger partial charge on any atom is 0.245 e. The molecule has 0 saturated carbocycles. The van der Waals surface area contributed by atoms with E-state index in [4.69, 9.17) is 10.2 Å². The minimum absolute atomic E-state index is 0. The van der Waals surface area contributed by atoms with Crippen LogP contribution in [-0.2, 0) is 9.59 Å². The second-order valence-electron chi connectivity index (χ2n) is 5.90. The lowest BCUT2D eigenvalue weighted by molar-refractivity contribution is -0.125. The third-order valence-electron chi connectivity index (χ3n) is 3.51. The molecule has 0 spiro atoms. The van der Waals surface area contributed by atoms with Crippen molar-refractivity contribution in [2.75, 3.05) is 11.9 Å². The molecule has 0 aliphatic heterocycles. The van der Waals surface area contributed by atoms with E-state index >= 15 is 0 Å². The van der Waals surface area contributed by atoms with Crippen LogP contribution in [-0.4, -0.2) is 29.4 Å². The summed E-state index contributed by atoms with van der Waals surface area (Å²) >= 11 is 1.31. The Labute approximate surface area is 156 Å². The summed E-state index contributed by atoms with van der Waals surface area (Å²) < 4.78 is 5.48. The van der Waals surface area contributed by atoms with E-state index in [0.29, 0.717) is 5.13 Å². The molecule has 1 atom stereocenters. The van der Waals surface area contributed by atoms with Gasteiger partial charge in [0, 0.05) is 10.9 Å². The van der Waals surface area contributed by atoms with Crippen molar-refractivity contribution in [3.63, 3.8) is 0 Å². The Morgan fingerprint density at radius 2 is 2.04 bits per heavy atom. The molecular weight excluding hydrogens is 364 g/mol. The SMILES string of the molecule is Cc1cc(-c2csc(NC(=O)CNC(=O)[C@@H](N)C(C)C)n2)c(C)o1.Cl. The zero-order valence-electron chi connectivity index (χ0n) is 14.6. The van der Waals surface area contributed by atoms with Crippen molar-refractivity contribution in [1.29, 1.82) is 0 Å². The van der Waals surface area contributed by atoms with Gasteiger partial charge in [-0.25, -0.2) is 4.98 Å². The molecule has 2 amide bonds. The van der Waals surface area contributed by atoms with Crippen molar-refractivity contribution in [1.82, 2.24) is 10.3 Å². The van der Waals surface area contributed by atoms with Crippen LogP contribution in [0.4, 0.5) is 5.13 Å². The molecule has 2 aromatic rings. The number of nitrogens with zero attached hydrogens (tertiary/aromatic N) is 1. The highest BCUT2D eigenvalue weighted by molar-refractivity contribution is 7.14. The Morgan fingerprint density at radius 1 is 1.36 bits per heavy atom. The number of halogens is 1. The van der Waals surface area contributed by atoms with Gasteiger partial charge >= 0.3 is 0 Å². The lowest BCUT2D eigenvalue weighted by Gasteiger charge is -2.14. The van der Waals surface area contributed by atoms with Crippen LogP contribution in [0.5, 0.6) is 0 Å². The lowest BCUT2D eigenvalue weighted by Crippen LogP contribution is -2.46. The fourth-order valence-electron chi connectivity index (χ4n) is 2.09. The molecule has 0 aromatic carbocycles. The third kappa shape index (κ3) is 5.55. The average molecular weight is 387 g/mol. The molecule has 0 aliphatic rings. The number of hydrogen-bond donors (Lipinski definition) is 3. The van der Waals surface area contributed by atoms with E-state index in [2.05, 4.69) is 15.6 Å². The van der Waals surface area contributed by atoms with Gasteiger partial charge < -0.3 is 20.8 Å². The smallest absolute Gasteiger partial charge is 0.245 e. The average Bonchev–Trinajstić information content (AvgIpc) is 3.09. The van der Waals surface area contributed by atoms with Gasteiger partial charge in [-0.2, -0.15) is 0 Å². The van der Waals surface area contributed by atoms with Crippen LogP contribution in [0.25, 0.3) is 11.3 Å². The van der Waals surface area contributed by atoms with Crippen LogP contribution in [0.15, 0.2) is 15.9 Å². The molecule has 0 radical (unpaired) electrons. The minimum atomic E-state index is -0.628. The Kier molecular flexibility index (Phi) is 7.60. The van der Waals surface area contributed by atoms with E-state index in [9.17, 15) is 9.59 Å². The van der Waals surface area contributed by atoms with E-state index in [0.717, 1.165) is 22.8 Å². The number of nitrogens with one attached hydrogen (secondary N) is 2. The Balaban J connectivity index is 0.00000312. The van der Waals surface area contributed by atoms with Gasteiger partial charge in [0.1, 0.15) is 11.5 Å². The van der Waals surface area contributed by atoms with E-state index in [1.165, 1.54) is 11.3 Å². The quantitative estimate of drug-likeness (QED) is 0.706. The van der Waals surface area contributed by atoms with Gasteiger partial charge in [0.25, 0.3) is 0 Å². The van der Waals surface area contributed by atoms with Gasteiger partial charge in [-0.15, -0.1) is 23.7 Å². The number of thiazole rings is 1. The van der Waals surface area contributed by atoms with E-state index < -0.39 is 6.04 Å². The van der Waals surface area contributed by atoms with Gasteiger partial charge in [-0.05, 0) is 25.8 Å². The van der Waals surface area contributed by atoms with Gasteiger partial charge in [-0.1, -0.05) is 13.8 Å². The maximum absolute atomic E-state index is 11.9. The summed E-state index contributed by atoms with van der Waals surface area (Å²) in [7, 11) is 0. The fraction of sp³-hybridized carbons (Fsp3) is 0.438. The highest BCUT2D eigenvalue weighted by Crippen LogP contribution is 2.29. The number of hydrogen-bond acceptors (Lipinski definition) is 6. The lowest BCUT2D eigenvalue weighted by atomic mass is 10.1. The van der Waals surface area contributed by atoms with Crippen LogP contribution >= 0.6 is 23.7 Å². The summed E-state index contributed by atoms with van der Waals surface area (Å²) in [4.78, 5) is 28.0. The highest BCUT2D eigenvalue weighted by atomic mass is 35.5. The molecule has 2 aromatic heterocycles. The molecule has 0 bridgehead atoms. The first-order valence-corrected chi connectivity index (χ1v) is 8.52. The summed E-state index contributed by atoms with van der Waals surface area (Å²) in [6.45, 7) is 7.30. The second-order valence-corrected chi connectivity index (χ2v) is 6.76. The molecule has 2 heterocycles. The van der Waals surface area contributed by atoms with Crippen molar-refractivity contribution in [3.8, 4) is 11.3 Å².